The monoisotopic (exact) mass is 256 g/mol. The van der Waals surface area contributed by atoms with Crippen LogP contribution in [0.2, 0.25) is 0 Å². The lowest BCUT2D eigenvalue weighted by atomic mass is 10.2. The van der Waals surface area contributed by atoms with Crippen LogP contribution in [0.25, 0.3) is 0 Å². The third kappa shape index (κ3) is 2.42. The van der Waals surface area contributed by atoms with Gasteiger partial charge in [-0.25, -0.2) is 27.3 Å². The highest BCUT2D eigenvalue weighted by Crippen LogP contribution is 2.31. The Morgan fingerprint density at radius 1 is 1.50 bits per heavy atom. The van der Waals surface area contributed by atoms with E-state index in [-0.39, 0.29) is 0 Å². The van der Waals surface area contributed by atoms with E-state index in [1.165, 1.54) is 0 Å². The van der Waals surface area contributed by atoms with Crippen molar-refractivity contribution in [3.63, 3.8) is 0 Å². The van der Waals surface area contributed by atoms with Gasteiger partial charge in [-0.3, -0.25) is 0 Å². The summed E-state index contributed by atoms with van der Waals surface area (Å²) in [5.74, 6) is -2.26. The molecule has 0 aliphatic rings. The molecule has 5 nitrogen and oxygen atoms in total. The first-order valence-corrected chi connectivity index (χ1v) is 5.37. The van der Waals surface area contributed by atoms with Gasteiger partial charge >= 0.3 is 0 Å². The van der Waals surface area contributed by atoms with Crippen molar-refractivity contribution >= 4 is 10.0 Å². The van der Waals surface area contributed by atoms with Gasteiger partial charge in [0, 0.05) is 0 Å². The number of primary sulfonamides is 1. The van der Waals surface area contributed by atoms with Gasteiger partial charge < -0.3 is 4.74 Å². The van der Waals surface area contributed by atoms with Crippen LogP contribution >= 0.6 is 0 Å². The maximum Gasteiger partial charge on any atom is 0.267 e. The van der Waals surface area contributed by atoms with Gasteiger partial charge in [-0.05, 0) is 6.07 Å². The van der Waals surface area contributed by atoms with Crippen LogP contribution < -0.4 is 9.88 Å². The third-order valence-electron chi connectivity index (χ3n) is 1.67. The number of alkyl halides is 2. The lowest BCUT2D eigenvalue weighted by Crippen LogP contribution is -2.16. The molecule has 0 bridgehead atoms. The Hall–Kier alpha value is -1.35. The van der Waals surface area contributed by atoms with Crippen molar-refractivity contribution < 1.29 is 26.3 Å². The molecule has 16 heavy (non-hydrogen) atoms. The van der Waals surface area contributed by atoms with Gasteiger partial charge in [0.15, 0.2) is 10.8 Å². The zero-order valence-corrected chi connectivity index (χ0v) is 8.76. The van der Waals surface area contributed by atoms with Crippen LogP contribution in [0.4, 0.5) is 13.2 Å². The highest BCUT2D eigenvalue weighted by molar-refractivity contribution is 7.89. The average molecular weight is 256 g/mol. The summed E-state index contributed by atoms with van der Waals surface area (Å²) < 4.78 is 64.0. The first-order chi connectivity index (χ1) is 7.27. The molecule has 1 aromatic heterocycles. The number of ether oxygens (including phenoxy) is 1. The zero-order valence-electron chi connectivity index (χ0n) is 7.95. The number of aromatic nitrogens is 1. The Labute approximate surface area is 89.1 Å². The van der Waals surface area contributed by atoms with Gasteiger partial charge in [0.2, 0.25) is 0 Å². The molecule has 0 atom stereocenters. The number of hydrogen-bond donors (Lipinski definition) is 1. The van der Waals surface area contributed by atoms with Gasteiger partial charge in [0.25, 0.3) is 22.4 Å². The highest BCUT2D eigenvalue weighted by Gasteiger charge is 2.23. The van der Waals surface area contributed by atoms with E-state index in [1.807, 2.05) is 0 Å². The molecule has 0 aliphatic heterocycles. The number of methoxy groups -OCH3 is 1. The minimum Gasteiger partial charge on any atom is -0.492 e. The largest absolute Gasteiger partial charge is 0.492 e. The first-order valence-electron chi connectivity index (χ1n) is 3.82. The topological polar surface area (TPSA) is 82.3 Å². The highest BCUT2D eigenvalue weighted by atomic mass is 32.2. The van der Waals surface area contributed by atoms with Crippen molar-refractivity contribution in [1.29, 1.82) is 0 Å². The third-order valence-corrected chi connectivity index (χ3v) is 2.46. The van der Waals surface area contributed by atoms with Crippen LogP contribution in [0.1, 0.15) is 12.0 Å². The molecule has 1 rings (SSSR count). The molecule has 0 aliphatic carbocycles. The molecule has 2 N–H and O–H groups in total. The zero-order chi connectivity index (χ0) is 12.5. The number of rotatable bonds is 3. The predicted octanol–water partition coefficient (Wildman–Crippen LogP) is 0.814. The average Bonchev–Trinajstić information content (AvgIpc) is 2.14. The smallest absolute Gasteiger partial charge is 0.267 e. The van der Waals surface area contributed by atoms with Crippen molar-refractivity contribution in [2.24, 2.45) is 5.14 Å². The molecular weight excluding hydrogens is 249 g/mol. The number of pyridine rings is 1. The molecular formula is C7H7F3N2O3S. The van der Waals surface area contributed by atoms with Gasteiger partial charge in [0.1, 0.15) is 0 Å². The van der Waals surface area contributed by atoms with Crippen LogP contribution in [0.5, 0.6) is 5.75 Å². The summed E-state index contributed by atoms with van der Waals surface area (Å²) in [6.45, 7) is 0. The summed E-state index contributed by atoms with van der Waals surface area (Å²) in [5.41, 5.74) is -0.918. The molecule has 0 fully saturated rings. The van der Waals surface area contributed by atoms with E-state index in [0.29, 0.717) is 6.07 Å². The van der Waals surface area contributed by atoms with Gasteiger partial charge in [-0.2, -0.15) is 4.39 Å². The molecule has 1 heterocycles. The van der Waals surface area contributed by atoms with Crippen LogP contribution in [0, 0.1) is 5.95 Å². The van der Waals surface area contributed by atoms with Crippen molar-refractivity contribution in [2.45, 2.75) is 11.5 Å². The van der Waals surface area contributed by atoms with Crippen molar-refractivity contribution in [3.8, 4) is 5.75 Å². The predicted molar refractivity (Wildman–Crippen MR) is 47.1 cm³/mol. The standard InChI is InChI=1S/C7H7F3N2O3S/c1-15-5-3(6(8)9)2-4(12-7(5)10)16(11,13)14/h2,6H,1H3,(H2,11,13,14). The number of nitrogens with two attached hydrogens (primary N) is 1. The van der Waals surface area contributed by atoms with E-state index < -0.39 is 38.7 Å². The van der Waals surface area contributed by atoms with Crippen LogP contribution in [-0.2, 0) is 10.0 Å². The van der Waals surface area contributed by atoms with Crippen molar-refractivity contribution in [3.05, 3.63) is 17.6 Å². The molecule has 90 valence electrons. The Morgan fingerprint density at radius 2 is 2.06 bits per heavy atom. The van der Waals surface area contributed by atoms with Gasteiger partial charge in [-0.1, -0.05) is 0 Å². The van der Waals surface area contributed by atoms with E-state index >= 15 is 0 Å². The fraction of sp³-hybridized carbons (Fsp3) is 0.286. The minimum absolute atomic E-state index is 0.474. The molecule has 0 unspecified atom stereocenters. The van der Waals surface area contributed by atoms with Crippen molar-refractivity contribution in [1.82, 2.24) is 4.98 Å². The molecule has 0 amide bonds. The number of nitrogens with zero attached hydrogens (tertiary/aromatic N) is 1. The maximum absolute atomic E-state index is 13.1. The Kier molecular flexibility index (Phi) is 3.38. The Balaban J connectivity index is 3.52. The molecule has 9 heteroatoms. The second-order valence-corrected chi connectivity index (χ2v) is 4.23. The fourth-order valence-corrected chi connectivity index (χ4v) is 1.51. The Bertz CT molecular complexity index is 504. The molecule has 0 radical (unpaired) electrons. The lowest BCUT2D eigenvalue weighted by Gasteiger charge is -2.09. The summed E-state index contributed by atoms with van der Waals surface area (Å²) in [7, 11) is -3.39. The molecule has 0 spiro atoms. The number of hydrogen-bond acceptors (Lipinski definition) is 4. The number of sulfonamides is 1. The normalized spacial score (nSPS) is 11.9. The van der Waals surface area contributed by atoms with E-state index in [2.05, 4.69) is 14.9 Å². The van der Waals surface area contributed by atoms with E-state index in [1.54, 1.807) is 0 Å². The lowest BCUT2D eigenvalue weighted by molar-refractivity contribution is 0.145. The summed E-state index contributed by atoms with van der Waals surface area (Å²) in [6.07, 6.45) is -3.10. The van der Waals surface area contributed by atoms with Gasteiger partial charge in [-0.15, -0.1) is 0 Å². The quantitative estimate of drug-likeness (QED) is 0.811. The van der Waals surface area contributed by atoms with Crippen LogP contribution in [0.15, 0.2) is 11.1 Å². The number of halogens is 3. The molecule has 1 aromatic rings. The van der Waals surface area contributed by atoms with E-state index in [4.69, 9.17) is 0 Å². The maximum atomic E-state index is 13.1. The molecule has 0 saturated heterocycles. The van der Waals surface area contributed by atoms with E-state index in [0.717, 1.165) is 7.11 Å². The summed E-state index contributed by atoms with van der Waals surface area (Å²) in [6, 6.07) is 0.474. The molecule has 0 aromatic carbocycles. The second kappa shape index (κ2) is 4.26. The van der Waals surface area contributed by atoms with Gasteiger partial charge in [0.05, 0.1) is 12.7 Å². The van der Waals surface area contributed by atoms with Crippen LogP contribution in [0.3, 0.4) is 0 Å². The molecule has 0 saturated carbocycles. The van der Waals surface area contributed by atoms with E-state index in [9.17, 15) is 21.6 Å². The van der Waals surface area contributed by atoms with Crippen LogP contribution in [-0.4, -0.2) is 20.5 Å². The Morgan fingerprint density at radius 3 is 2.44 bits per heavy atom. The summed E-state index contributed by atoms with van der Waals surface area (Å²) in [5, 5.41) is 3.67. The summed E-state index contributed by atoms with van der Waals surface area (Å²) in [4.78, 5) is 2.92. The first kappa shape index (κ1) is 12.7. The fourth-order valence-electron chi connectivity index (χ4n) is 1.01. The van der Waals surface area contributed by atoms with Crippen molar-refractivity contribution in [2.75, 3.05) is 7.11 Å². The minimum atomic E-state index is -4.35. The SMILES string of the molecule is COc1c(C(F)F)cc(S(N)(=O)=O)nc1F. The summed E-state index contributed by atoms with van der Waals surface area (Å²) >= 11 is 0. The second-order valence-electron chi connectivity index (χ2n) is 2.72.